The summed E-state index contributed by atoms with van der Waals surface area (Å²) in [5.74, 6) is 0.117. The Bertz CT molecular complexity index is 1310. The van der Waals surface area contributed by atoms with E-state index in [9.17, 15) is 16.8 Å². The quantitative estimate of drug-likeness (QED) is 0.251. The maximum Gasteiger partial charge on any atom is 0.339 e. The lowest BCUT2D eigenvalue weighted by molar-refractivity contribution is 0.327. The first-order valence-corrected chi connectivity index (χ1v) is 13.0. The third kappa shape index (κ3) is 5.87. The second-order valence-corrected chi connectivity index (χ2v) is 10.3. The van der Waals surface area contributed by atoms with Crippen LogP contribution in [0.1, 0.15) is 12.5 Å². The van der Waals surface area contributed by atoms with Gasteiger partial charge in [-0.3, -0.25) is 0 Å². The molecule has 1 N–H and O–H groups in total. The molecule has 0 unspecified atom stereocenters. The standard InChI is InChI=1S/C21H19BrN2O6S2/c1-2-29-20-14-16(15-23-24-31(25,26)17-9-5-3-6-10-17)13-19(22)21(20)30-32(27,28)18-11-7-4-8-12-18/h3-15,24H,2H2,1H3/b23-15-. The molecule has 0 heterocycles. The van der Waals surface area contributed by atoms with Crippen molar-refractivity contribution in [3.8, 4) is 11.5 Å². The fourth-order valence-electron chi connectivity index (χ4n) is 2.57. The molecule has 0 bridgehead atoms. The number of hydrogen-bond acceptors (Lipinski definition) is 7. The zero-order chi connectivity index (χ0) is 23.2. The summed E-state index contributed by atoms with van der Waals surface area (Å²) in [5.41, 5.74) is 0.445. The van der Waals surface area contributed by atoms with E-state index >= 15 is 0 Å². The van der Waals surface area contributed by atoms with Crippen LogP contribution in [0.25, 0.3) is 0 Å². The largest absolute Gasteiger partial charge is 0.490 e. The van der Waals surface area contributed by atoms with Crippen molar-refractivity contribution in [3.05, 3.63) is 82.8 Å². The van der Waals surface area contributed by atoms with Crippen LogP contribution in [0.15, 0.2) is 92.2 Å². The molecule has 11 heteroatoms. The fraction of sp³-hybridized carbons (Fsp3) is 0.0952. The van der Waals surface area contributed by atoms with Crippen LogP contribution in [0, 0.1) is 0 Å². The van der Waals surface area contributed by atoms with Crippen molar-refractivity contribution in [1.29, 1.82) is 0 Å². The molecule has 3 rings (SSSR count). The Balaban J connectivity index is 1.86. The van der Waals surface area contributed by atoms with Gasteiger partial charge in [0.25, 0.3) is 10.0 Å². The van der Waals surface area contributed by atoms with E-state index in [1.807, 2.05) is 0 Å². The smallest absolute Gasteiger partial charge is 0.339 e. The van der Waals surface area contributed by atoms with Crippen molar-refractivity contribution in [2.45, 2.75) is 16.7 Å². The van der Waals surface area contributed by atoms with Gasteiger partial charge in [-0.2, -0.15) is 21.9 Å². The van der Waals surface area contributed by atoms with E-state index in [-0.39, 0.29) is 32.4 Å². The number of nitrogens with zero attached hydrogens (tertiary/aromatic N) is 1. The summed E-state index contributed by atoms with van der Waals surface area (Å²) in [6.07, 6.45) is 1.27. The van der Waals surface area contributed by atoms with E-state index < -0.39 is 20.1 Å². The van der Waals surface area contributed by atoms with Crippen molar-refractivity contribution < 1.29 is 25.8 Å². The zero-order valence-electron chi connectivity index (χ0n) is 16.8. The third-order valence-corrected chi connectivity index (χ3v) is 7.06. The molecular weight excluding hydrogens is 520 g/mol. The number of nitrogens with one attached hydrogen (secondary N) is 1. The molecule has 168 valence electrons. The Labute approximate surface area is 195 Å². The van der Waals surface area contributed by atoms with Crippen LogP contribution in [0.2, 0.25) is 0 Å². The Morgan fingerprint density at radius 3 is 2.12 bits per heavy atom. The lowest BCUT2D eigenvalue weighted by atomic mass is 10.2. The van der Waals surface area contributed by atoms with Gasteiger partial charge in [0.15, 0.2) is 11.5 Å². The average molecular weight is 539 g/mol. The normalized spacial score (nSPS) is 11.9. The van der Waals surface area contributed by atoms with Crippen LogP contribution in [-0.2, 0) is 20.1 Å². The number of benzene rings is 3. The molecule has 0 saturated heterocycles. The van der Waals surface area contributed by atoms with Crippen LogP contribution in [0.4, 0.5) is 0 Å². The van der Waals surface area contributed by atoms with Crippen LogP contribution in [0.5, 0.6) is 11.5 Å². The van der Waals surface area contributed by atoms with Crippen molar-refractivity contribution in [2.24, 2.45) is 5.10 Å². The van der Waals surface area contributed by atoms with Gasteiger partial charge in [-0.1, -0.05) is 36.4 Å². The second kappa shape index (κ2) is 10.2. The summed E-state index contributed by atoms with van der Waals surface area (Å²) in [6.45, 7) is 1.98. The van der Waals surface area contributed by atoms with Gasteiger partial charge in [-0.25, -0.2) is 4.83 Å². The van der Waals surface area contributed by atoms with Gasteiger partial charge in [0, 0.05) is 0 Å². The summed E-state index contributed by atoms with van der Waals surface area (Å²) in [6, 6.07) is 18.5. The number of sulfonamides is 1. The molecule has 0 radical (unpaired) electrons. The highest BCUT2D eigenvalue weighted by molar-refractivity contribution is 9.10. The van der Waals surface area contributed by atoms with Gasteiger partial charge in [0.1, 0.15) is 4.90 Å². The zero-order valence-corrected chi connectivity index (χ0v) is 20.0. The number of ether oxygens (including phenoxy) is 1. The molecule has 0 spiro atoms. The predicted molar refractivity (Wildman–Crippen MR) is 124 cm³/mol. The second-order valence-electron chi connectivity index (χ2n) is 6.28. The lowest BCUT2D eigenvalue weighted by Crippen LogP contribution is -2.18. The van der Waals surface area contributed by atoms with Crippen LogP contribution in [-0.4, -0.2) is 29.7 Å². The molecule has 0 amide bonds. The molecule has 0 saturated carbocycles. The number of rotatable bonds is 9. The average Bonchev–Trinajstić information content (AvgIpc) is 2.77. The summed E-state index contributed by atoms with van der Waals surface area (Å²) >= 11 is 3.29. The number of hydrogen-bond donors (Lipinski definition) is 1. The highest BCUT2D eigenvalue weighted by Crippen LogP contribution is 2.38. The van der Waals surface area contributed by atoms with E-state index in [4.69, 9.17) is 8.92 Å². The van der Waals surface area contributed by atoms with E-state index in [0.717, 1.165) is 0 Å². The highest BCUT2D eigenvalue weighted by Gasteiger charge is 2.22. The number of hydrazone groups is 1. The van der Waals surface area contributed by atoms with Gasteiger partial charge in [-0.05, 0) is 64.8 Å². The molecule has 0 aliphatic carbocycles. The molecule has 3 aromatic rings. The summed E-state index contributed by atoms with van der Waals surface area (Å²) in [5, 5.41) is 3.79. The fourth-order valence-corrected chi connectivity index (χ4v) is 5.01. The summed E-state index contributed by atoms with van der Waals surface area (Å²) < 4.78 is 60.9. The van der Waals surface area contributed by atoms with Gasteiger partial charge in [0.2, 0.25) is 0 Å². The van der Waals surface area contributed by atoms with Crippen molar-refractivity contribution in [2.75, 3.05) is 6.61 Å². The first-order chi connectivity index (χ1) is 15.2. The summed E-state index contributed by atoms with van der Waals surface area (Å²) in [7, 11) is -7.91. The SMILES string of the molecule is CCOc1cc(/C=N\NS(=O)(=O)c2ccccc2)cc(Br)c1OS(=O)(=O)c1ccccc1. The molecule has 32 heavy (non-hydrogen) atoms. The Hall–Kier alpha value is -2.89. The molecule has 0 atom stereocenters. The Kier molecular flexibility index (Phi) is 7.54. The first-order valence-electron chi connectivity index (χ1n) is 9.29. The minimum atomic E-state index is -4.09. The van der Waals surface area contributed by atoms with Crippen LogP contribution >= 0.6 is 15.9 Å². The van der Waals surface area contributed by atoms with Gasteiger partial charge in [0.05, 0.1) is 22.2 Å². The minimum Gasteiger partial charge on any atom is -0.490 e. The number of halogens is 1. The molecule has 0 aliphatic heterocycles. The van der Waals surface area contributed by atoms with Crippen LogP contribution in [0.3, 0.4) is 0 Å². The van der Waals surface area contributed by atoms with Crippen LogP contribution < -0.4 is 13.8 Å². The van der Waals surface area contributed by atoms with Crippen molar-refractivity contribution in [3.63, 3.8) is 0 Å². The Morgan fingerprint density at radius 2 is 1.53 bits per heavy atom. The summed E-state index contributed by atoms with van der Waals surface area (Å²) in [4.78, 5) is 2.20. The highest BCUT2D eigenvalue weighted by atomic mass is 79.9. The van der Waals surface area contributed by atoms with Gasteiger partial charge >= 0.3 is 10.1 Å². The molecule has 0 aliphatic rings. The monoisotopic (exact) mass is 538 g/mol. The van der Waals surface area contributed by atoms with E-state index in [1.165, 1.54) is 42.6 Å². The first kappa shape index (κ1) is 23.8. The van der Waals surface area contributed by atoms with Gasteiger partial charge in [-0.15, -0.1) is 0 Å². The lowest BCUT2D eigenvalue weighted by Gasteiger charge is -2.14. The molecular formula is C21H19BrN2O6S2. The third-order valence-electron chi connectivity index (χ3n) is 4.00. The van der Waals surface area contributed by atoms with Gasteiger partial charge < -0.3 is 8.92 Å². The van der Waals surface area contributed by atoms with E-state index in [1.54, 1.807) is 43.3 Å². The molecule has 3 aromatic carbocycles. The topological polar surface area (TPSA) is 111 Å². The maximum absolute atomic E-state index is 12.6. The molecule has 0 aromatic heterocycles. The minimum absolute atomic E-state index is 0.00435. The molecule has 0 fully saturated rings. The van der Waals surface area contributed by atoms with Crippen molar-refractivity contribution >= 4 is 42.3 Å². The maximum atomic E-state index is 12.6. The predicted octanol–water partition coefficient (Wildman–Crippen LogP) is 3.93. The molecule has 8 nitrogen and oxygen atoms in total. The van der Waals surface area contributed by atoms with E-state index in [0.29, 0.717) is 5.56 Å². The van der Waals surface area contributed by atoms with Crippen molar-refractivity contribution in [1.82, 2.24) is 4.83 Å². The Morgan fingerprint density at radius 1 is 0.938 bits per heavy atom. The van der Waals surface area contributed by atoms with E-state index in [2.05, 4.69) is 25.9 Å².